The van der Waals surface area contributed by atoms with Crippen LogP contribution in [0.3, 0.4) is 0 Å². The number of rotatable bonds is 3. The van der Waals surface area contributed by atoms with Gasteiger partial charge in [-0.05, 0) is 37.1 Å². The van der Waals surface area contributed by atoms with Crippen molar-refractivity contribution in [2.75, 3.05) is 10.2 Å². The maximum absolute atomic E-state index is 13.9. The first kappa shape index (κ1) is 15.2. The Hall–Kier alpha value is -2.69. The maximum atomic E-state index is 13.9. The van der Waals surface area contributed by atoms with Crippen LogP contribution in [0.25, 0.3) is 0 Å². The van der Waals surface area contributed by atoms with Crippen LogP contribution in [0.5, 0.6) is 0 Å². The quantitative estimate of drug-likeness (QED) is 0.886. The van der Waals surface area contributed by atoms with E-state index in [2.05, 4.69) is 5.32 Å². The van der Waals surface area contributed by atoms with E-state index in [-0.39, 0.29) is 12.1 Å². The summed E-state index contributed by atoms with van der Waals surface area (Å²) in [7, 11) is 0. The van der Waals surface area contributed by atoms with E-state index in [0.29, 0.717) is 0 Å². The summed E-state index contributed by atoms with van der Waals surface area (Å²) in [6.45, 7) is 3.87. The lowest BCUT2D eigenvalue weighted by atomic mass is 10.1. The molecule has 1 atom stereocenters. The summed E-state index contributed by atoms with van der Waals surface area (Å²) in [5, 5.41) is 3.14. The van der Waals surface area contributed by atoms with Gasteiger partial charge in [-0.2, -0.15) is 0 Å². The van der Waals surface area contributed by atoms with Crippen LogP contribution < -0.4 is 10.2 Å². The zero-order valence-electron chi connectivity index (χ0n) is 13.0. The minimum absolute atomic E-state index is 0.00769. The summed E-state index contributed by atoms with van der Waals surface area (Å²) in [6, 6.07) is 10.9. The molecule has 1 heterocycles. The molecular weight excluding hydrogens is 295 g/mol. The largest absolute Gasteiger partial charge is 0.373 e. The van der Waals surface area contributed by atoms with E-state index in [1.807, 2.05) is 32.0 Å². The SMILES string of the molecule is Cc1cccc(C)c1NC1CC(=O)N(c2ccccc2F)C1=O. The van der Waals surface area contributed by atoms with Crippen LogP contribution in [0.15, 0.2) is 42.5 Å². The molecule has 0 bridgehead atoms. The van der Waals surface area contributed by atoms with Crippen molar-refractivity contribution in [2.24, 2.45) is 0 Å². The smallest absolute Gasteiger partial charge is 0.256 e. The third kappa shape index (κ3) is 2.70. The zero-order chi connectivity index (χ0) is 16.6. The second kappa shape index (κ2) is 5.83. The van der Waals surface area contributed by atoms with Gasteiger partial charge in [-0.3, -0.25) is 9.59 Å². The Kier molecular flexibility index (Phi) is 3.86. The number of imide groups is 1. The Labute approximate surface area is 133 Å². The van der Waals surface area contributed by atoms with Gasteiger partial charge in [0.15, 0.2) is 0 Å². The van der Waals surface area contributed by atoms with Crippen molar-refractivity contribution in [3.63, 3.8) is 0 Å². The standard InChI is InChI=1S/C18H17FN2O2/c1-11-6-5-7-12(2)17(11)20-14-10-16(22)21(18(14)23)15-9-4-3-8-13(15)19/h3-9,14,20H,10H2,1-2H3. The molecule has 4 nitrogen and oxygen atoms in total. The minimum atomic E-state index is -0.679. The molecule has 2 aromatic carbocycles. The molecule has 0 saturated carbocycles. The van der Waals surface area contributed by atoms with Crippen molar-refractivity contribution in [1.82, 2.24) is 0 Å². The molecule has 1 aliphatic heterocycles. The minimum Gasteiger partial charge on any atom is -0.373 e. The molecule has 0 aliphatic carbocycles. The van der Waals surface area contributed by atoms with Gasteiger partial charge in [-0.15, -0.1) is 0 Å². The first-order valence-corrected chi connectivity index (χ1v) is 7.43. The summed E-state index contributed by atoms with van der Waals surface area (Å²) in [4.78, 5) is 25.7. The Morgan fingerprint density at radius 2 is 1.70 bits per heavy atom. The summed E-state index contributed by atoms with van der Waals surface area (Å²) < 4.78 is 13.9. The molecule has 1 aliphatic rings. The van der Waals surface area contributed by atoms with Gasteiger partial charge in [-0.25, -0.2) is 9.29 Å². The monoisotopic (exact) mass is 312 g/mol. The number of anilines is 2. The van der Waals surface area contributed by atoms with Gasteiger partial charge in [0.2, 0.25) is 5.91 Å². The average molecular weight is 312 g/mol. The van der Waals surface area contributed by atoms with Crippen LogP contribution in [0.4, 0.5) is 15.8 Å². The topological polar surface area (TPSA) is 49.4 Å². The van der Waals surface area contributed by atoms with E-state index >= 15 is 0 Å². The number of hydrogen-bond donors (Lipinski definition) is 1. The maximum Gasteiger partial charge on any atom is 0.256 e. The lowest BCUT2D eigenvalue weighted by Gasteiger charge is -2.18. The lowest BCUT2D eigenvalue weighted by Crippen LogP contribution is -2.35. The lowest BCUT2D eigenvalue weighted by molar-refractivity contribution is -0.121. The second-order valence-electron chi connectivity index (χ2n) is 5.69. The van der Waals surface area contributed by atoms with Crippen LogP contribution in [-0.2, 0) is 9.59 Å². The van der Waals surface area contributed by atoms with E-state index in [1.54, 1.807) is 6.07 Å². The molecule has 2 aromatic rings. The molecule has 1 unspecified atom stereocenters. The predicted molar refractivity (Wildman–Crippen MR) is 86.8 cm³/mol. The number of halogens is 1. The fourth-order valence-corrected chi connectivity index (χ4v) is 2.85. The number of nitrogens with zero attached hydrogens (tertiary/aromatic N) is 1. The second-order valence-corrected chi connectivity index (χ2v) is 5.69. The van der Waals surface area contributed by atoms with E-state index in [1.165, 1.54) is 18.2 Å². The molecule has 5 heteroatoms. The molecule has 23 heavy (non-hydrogen) atoms. The van der Waals surface area contributed by atoms with Crippen LogP contribution in [0, 0.1) is 19.7 Å². The predicted octanol–water partition coefficient (Wildman–Crippen LogP) is 3.19. The first-order chi connectivity index (χ1) is 11.0. The number of amides is 2. The number of carbonyl (C=O) groups is 2. The van der Waals surface area contributed by atoms with Gasteiger partial charge >= 0.3 is 0 Å². The van der Waals surface area contributed by atoms with E-state index in [9.17, 15) is 14.0 Å². The van der Waals surface area contributed by atoms with Crippen molar-refractivity contribution in [3.05, 3.63) is 59.4 Å². The molecule has 0 radical (unpaired) electrons. The molecule has 3 rings (SSSR count). The molecule has 2 amide bonds. The molecule has 1 N–H and O–H groups in total. The van der Waals surface area contributed by atoms with Crippen LogP contribution >= 0.6 is 0 Å². The van der Waals surface area contributed by atoms with Gasteiger partial charge < -0.3 is 5.32 Å². The fraction of sp³-hybridized carbons (Fsp3) is 0.222. The van der Waals surface area contributed by atoms with Crippen LogP contribution in [-0.4, -0.2) is 17.9 Å². The highest BCUT2D eigenvalue weighted by Crippen LogP contribution is 2.28. The Balaban J connectivity index is 1.89. The molecule has 1 saturated heterocycles. The first-order valence-electron chi connectivity index (χ1n) is 7.43. The third-order valence-electron chi connectivity index (χ3n) is 4.04. The van der Waals surface area contributed by atoms with Gasteiger partial charge in [0.25, 0.3) is 5.91 Å². The van der Waals surface area contributed by atoms with Crippen molar-refractivity contribution in [1.29, 1.82) is 0 Å². The summed E-state index contributed by atoms with van der Waals surface area (Å²) in [6.07, 6.45) is 0.0148. The Morgan fingerprint density at radius 3 is 2.35 bits per heavy atom. The van der Waals surface area contributed by atoms with E-state index in [0.717, 1.165) is 21.7 Å². The van der Waals surface area contributed by atoms with Crippen molar-refractivity contribution in [3.8, 4) is 0 Å². The molecule has 0 spiro atoms. The summed E-state index contributed by atoms with van der Waals surface area (Å²) in [5.74, 6) is -1.41. The normalized spacial score (nSPS) is 17.7. The highest BCUT2D eigenvalue weighted by Gasteiger charge is 2.40. The number of benzene rings is 2. The third-order valence-corrected chi connectivity index (χ3v) is 4.04. The molecule has 118 valence electrons. The summed E-state index contributed by atoms with van der Waals surface area (Å²) in [5.41, 5.74) is 2.84. The number of aryl methyl sites for hydroxylation is 2. The molecule has 1 fully saturated rings. The van der Waals surface area contributed by atoms with Gasteiger partial charge in [0.05, 0.1) is 12.1 Å². The van der Waals surface area contributed by atoms with Crippen LogP contribution in [0.1, 0.15) is 17.5 Å². The Morgan fingerprint density at radius 1 is 1.04 bits per heavy atom. The van der Waals surface area contributed by atoms with Crippen molar-refractivity contribution >= 4 is 23.2 Å². The van der Waals surface area contributed by atoms with Gasteiger partial charge in [0.1, 0.15) is 11.9 Å². The highest BCUT2D eigenvalue weighted by atomic mass is 19.1. The number of nitrogens with one attached hydrogen (secondary N) is 1. The van der Waals surface area contributed by atoms with Crippen molar-refractivity contribution in [2.45, 2.75) is 26.3 Å². The van der Waals surface area contributed by atoms with E-state index in [4.69, 9.17) is 0 Å². The van der Waals surface area contributed by atoms with Crippen molar-refractivity contribution < 1.29 is 14.0 Å². The van der Waals surface area contributed by atoms with Gasteiger partial charge in [-0.1, -0.05) is 30.3 Å². The Bertz CT molecular complexity index is 768. The fourth-order valence-electron chi connectivity index (χ4n) is 2.85. The molecular formula is C18H17FN2O2. The number of para-hydroxylation sites is 2. The summed E-state index contributed by atoms with van der Waals surface area (Å²) >= 11 is 0. The average Bonchev–Trinajstić information content (AvgIpc) is 2.78. The number of hydrogen-bond acceptors (Lipinski definition) is 3. The van der Waals surface area contributed by atoms with Gasteiger partial charge in [0, 0.05) is 5.69 Å². The van der Waals surface area contributed by atoms with E-state index < -0.39 is 23.7 Å². The number of carbonyl (C=O) groups excluding carboxylic acids is 2. The molecule has 0 aromatic heterocycles. The van der Waals surface area contributed by atoms with Crippen LogP contribution in [0.2, 0.25) is 0 Å². The zero-order valence-corrected chi connectivity index (χ0v) is 13.0. The highest BCUT2D eigenvalue weighted by molar-refractivity contribution is 6.23.